The summed E-state index contributed by atoms with van der Waals surface area (Å²) in [4.78, 5) is 39.4. The van der Waals surface area contributed by atoms with Gasteiger partial charge in [0, 0.05) is 12.7 Å². The number of hydrogen-bond donors (Lipinski definition) is 2. The number of halogens is 4. The van der Waals surface area contributed by atoms with E-state index in [4.69, 9.17) is 21.1 Å². The van der Waals surface area contributed by atoms with E-state index in [9.17, 15) is 27.6 Å². The SMILES string of the molecule is CN1C(=O)c2cc(NC(=O)c3ccccc3Cl)ccc2OC[C@H]2O[C@H](CC(=O)NCC(F)(F)F)CC[C@H]21. The van der Waals surface area contributed by atoms with E-state index in [1.54, 1.807) is 43.4 Å². The van der Waals surface area contributed by atoms with Crippen LogP contribution in [0.15, 0.2) is 42.5 Å². The monoisotopic (exact) mass is 539 g/mol. The Labute approximate surface area is 216 Å². The average Bonchev–Trinajstić information content (AvgIpc) is 2.85. The number of carbonyl (C=O) groups is 3. The highest BCUT2D eigenvalue weighted by Crippen LogP contribution is 2.33. The van der Waals surface area contributed by atoms with Gasteiger partial charge in [-0.1, -0.05) is 23.7 Å². The van der Waals surface area contributed by atoms with Crippen LogP contribution >= 0.6 is 11.6 Å². The molecule has 198 valence electrons. The molecule has 3 amide bonds. The van der Waals surface area contributed by atoms with E-state index < -0.39 is 36.7 Å². The number of rotatable bonds is 5. The molecule has 2 aromatic carbocycles. The molecule has 2 aromatic rings. The van der Waals surface area contributed by atoms with E-state index in [0.717, 1.165) is 0 Å². The van der Waals surface area contributed by atoms with Gasteiger partial charge in [0.15, 0.2) is 0 Å². The lowest BCUT2D eigenvalue weighted by molar-refractivity contribution is -0.144. The van der Waals surface area contributed by atoms with Gasteiger partial charge in [-0.3, -0.25) is 14.4 Å². The molecule has 0 saturated carbocycles. The first-order chi connectivity index (χ1) is 17.5. The number of nitrogens with one attached hydrogen (secondary N) is 2. The molecule has 0 radical (unpaired) electrons. The summed E-state index contributed by atoms with van der Waals surface area (Å²) >= 11 is 6.10. The number of ether oxygens (including phenoxy) is 2. The Morgan fingerprint density at radius 1 is 1.16 bits per heavy atom. The number of fused-ring (bicyclic) bond motifs is 2. The molecule has 0 aromatic heterocycles. The molecule has 2 N–H and O–H groups in total. The standard InChI is InChI=1S/C25H25ClF3N3O5/c1-32-19-8-7-15(11-22(33)30-13-25(27,28)29)37-21(19)12-36-20-9-6-14(10-17(20)24(32)35)31-23(34)16-4-2-3-5-18(16)26/h2-6,9-10,15,19,21H,7-8,11-13H2,1H3,(H,30,33)(H,31,34)/t15-,19+,21+/m0/s1. The van der Waals surface area contributed by atoms with Crippen LogP contribution in [0.3, 0.4) is 0 Å². The first-order valence-electron chi connectivity index (χ1n) is 11.6. The Morgan fingerprint density at radius 2 is 1.92 bits per heavy atom. The van der Waals surface area contributed by atoms with Gasteiger partial charge < -0.3 is 25.0 Å². The molecule has 8 nitrogen and oxygen atoms in total. The molecule has 1 fully saturated rings. The predicted octanol–water partition coefficient (Wildman–Crippen LogP) is 4.04. The second-order valence-electron chi connectivity index (χ2n) is 8.91. The molecule has 2 aliphatic heterocycles. The van der Waals surface area contributed by atoms with Crippen molar-refractivity contribution in [3.63, 3.8) is 0 Å². The minimum atomic E-state index is -4.49. The maximum atomic E-state index is 13.3. The Morgan fingerprint density at radius 3 is 2.65 bits per heavy atom. The highest BCUT2D eigenvalue weighted by molar-refractivity contribution is 6.34. The molecule has 12 heteroatoms. The molecule has 3 atom stereocenters. The fourth-order valence-electron chi connectivity index (χ4n) is 4.43. The topological polar surface area (TPSA) is 97.0 Å². The van der Waals surface area contributed by atoms with Gasteiger partial charge in [0.05, 0.1) is 34.7 Å². The Balaban J connectivity index is 1.44. The smallest absolute Gasteiger partial charge is 0.405 e. The molecule has 0 unspecified atom stereocenters. The van der Waals surface area contributed by atoms with Crippen molar-refractivity contribution in [3.8, 4) is 5.75 Å². The largest absolute Gasteiger partial charge is 0.490 e. The second kappa shape index (κ2) is 11.0. The average molecular weight is 540 g/mol. The maximum Gasteiger partial charge on any atom is 0.405 e. The van der Waals surface area contributed by atoms with Crippen LogP contribution in [0.2, 0.25) is 5.02 Å². The van der Waals surface area contributed by atoms with Gasteiger partial charge in [-0.25, -0.2) is 0 Å². The fraction of sp³-hybridized carbons (Fsp3) is 0.400. The highest BCUT2D eigenvalue weighted by atomic mass is 35.5. The van der Waals surface area contributed by atoms with E-state index in [1.807, 2.05) is 5.32 Å². The van der Waals surface area contributed by atoms with Crippen LogP contribution in [0.1, 0.15) is 40.0 Å². The van der Waals surface area contributed by atoms with Gasteiger partial charge in [0.1, 0.15) is 25.0 Å². The third kappa shape index (κ3) is 6.53. The zero-order chi connectivity index (χ0) is 26.7. The summed E-state index contributed by atoms with van der Waals surface area (Å²) in [5, 5.41) is 4.88. The number of anilines is 1. The number of alkyl halides is 3. The molecular formula is C25H25ClF3N3O5. The summed E-state index contributed by atoms with van der Waals surface area (Å²) in [6.45, 7) is -1.33. The normalized spacial score (nSPS) is 21.6. The predicted molar refractivity (Wildman–Crippen MR) is 129 cm³/mol. The minimum absolute atomic E-state index is 0.0707. The van der Waals surface area contributed by atoms with Crippen LogP contribution in [-0.4, -0.2) is 67.2 Å². The number of nitrogens with zero attached hydrogens (tertiary/aromatic N) is 1. The van der Waals surface area contributed by atoms with Gasteiger partial charge in [0.2, 0.25) is 5.91 Å². The van der Waals surface area contributed by atoms with Crippen LogP contribution in [-0.2, 0) is 9.53 Å². The van der Waals surface area contributed by atoms with E-state index in [2.05, 4.69) is 5.32 Å². The van der Waals surface area contributed by atoms with Crippen LogP contribution in [0.5, 0.6) is 5.75 Å². The lowest BCUT2D eigenvalue weighted by atomic mass is 9.94. The molecule has 0 bridgehead atoms. The van der Waals surface area contributed by atoms with Crippen molar-refractivity contribution in [3.05, 3.63) is 58.6 Å². The van der Waals surface area contributed by atoms with Gasteiger partial charge in [0.25, 0.3) is 11.8 Å². The van der Waals surface area contributed by atoms with Crippen molar-refractivity contribution in [2.24, 2.45) is 0 Å². The minimum Gasteiger partial charge on any atom is -0.490 e. The molecular weight excluding hydrogens is 515 g/mol. The lowest BCUT2D eigenvalue weighted by Gasteiger charge is -2.42. The first-order valence-corrected chi connectivity index (χ1v) is 12.0. The van der Waals surface area contributed by atoms with Crippen LogP contribution in [0.4, 0.5) is 18.9 Å². The second-order valence-corrected chi connectivity index (χ2v) is 9.32. The lowest BCUT2D eigenvalue weighted by Crippen LogP contribution is -2.54. The summed E-state index contributed by atoms with van der Waals surface area (Å²) in [5.74, 6) is -1.24. The summed E-state index contributed by atoms with van der Waals surface area (Å²) in [6, 6.07) is 10.9. The first kappa shape index (κ1) is 26.7. The molecule has 37 heavy (non-hydrogen) atoms. The van der Waals surface area contributed by atoms with Crippen LogP contribution < -0.4 is 15.4 Å². The van der Waals surface area contributed by atoms with Gasteiger partial charge in [-0.2, -0.15) is 13.2 Å². The number of carbonyl (C=O) groups excluding carboxylic acids is 3. The van der Waals surface area contributed by atoms with E-state index in [1.165, 1.54) is 11.0 Å². The van der Waals surface area contributed by atoms with Crippen molar-refractivity contribution >= 4 is 35.0 Å². The zero-order valence-corrected chi connectivity index (χ0v) is 20.6. The zero-order valence-electron chi connectivity index (χ0n) is 19.8. The third-order valence-corrected chi connectivity index (χ3v) is 6.62. The molecule has 4 rings (SSSR count). The fourth-order valence-corrected chi connectivity index (χ4v) is 4.65. The Bertz CT molecular complexity index is 1190. The van der Waals surface area contributed by atoms with E-state index in [-0.39, 0.29) is 30.5 Å². The number of amides is 3. The van der Waals surface area contributed by atoms with Crippen LogP contribution in [0.25, 0.3) is 0 Å². The highest BCUT2D eigenvalue weighted by Gasteiger charge is 2.39. The van der Waals surface area contributed by atoms with Gasteiger partial charge in [-0.15, -0.1) is 0 Å². The molecule has 2 aliphatic rings. The van der Waals surface area contributed by atoms with E-state index >= 15 is 0 Å². The summed E-state index contributed by atoms with van der Waals surface area (Å²) < 4.78 is 48.9. The quantitative estimate of drug-likeness (QED) is 0.598. The van der Waals surface area contributed by atoms with Crippen LogP contribution in [0, 0.1) is 0 Å². The molecule has 2 heterocycles. The molecule has 1 saturated heterocycles. The Hall–Kier alpha value is -3.31. The van der Waals surface area contributed by atoms with Gasteiger partial charge >= 0.3 is 6.18 Å². The maximum absolute atomic E-state index is 13.3. The summed E-state index contributed by atoms with van der Waals surface area (Å²) in [5.41, 5.74) is 0.932. The number of likely N-dealkylation sites (N-methyl/N-ethyl adjacent to an activating group) is 1. The number of hydrogen-bond acceptors (Lipinski definition) is 5. The van der Waals surface area contributed by atoms with Crippen molar-refractivity contribution in [1.82, 2.24) is 10.2 Å². The summed E-state index contributed by atoms with van der Waals surface area (Å²) in [7, 11) is 1.63. The van der Waals surface area contributed by atoms with Crippen molar-refractivity contribution in [1.29, 1.82) is 0 Å². The summed E-state index contributed by atoms with van der Waals surface area (Å²) in [6.07, 6.45) is -5.01. The van der Waals surface area contributed by atoms with E-state index in [0.29, 0.717) is 34.9 Å². The van der Waals surface area contributed by atoms with Crippen molar-refractivity contribution in [2.45, 2.75) is 43.7 Å². The third-order valence-electron chi connectivity index (χ3n) is 6.29. The van der Waals surface area contributed by atoms with Crippen molar-refractivity contribution in [2.75, 3.05) is 25.5 Å². The molecule has 0 aliphatic carbocycles. The Kier molecular flexibility index (Phi) is 7.93. The number of benzene rings is 2. The molecule has 0 spiro atoms. The van der Waals surface area contributed by atoms with Crippen molar-refractivity contribution < 1.29 is 37.0 Å². The van der Waals surface area contributed by atoms with Gasteiger partial charge in [-0.05, 0) is 43.2 Å².